The number of benzene rings is 1. The number of rotatable bonds is 6. The molecular formula is C16H22O. The molecular weight excluding hydrogens is 208 g/mol. The van der Waals surface area contributed by atoms with E-state index in [2.05, 4.69) is 45.6 Å². The van der Waals surface area contributed by atoms with Crippen molar-refractivity contribution >= 4 is 6.08 Å². The van der Waals surface area contributed by atoms with Gasteiger partial charge in [-0.15, -0.1) is 0 Å². The van der Waals surface area contributed by atoms with Gasteiger partial charge in [0.25, 0.3) is 0 Å². The molecule has 1 aromatic carbocycles. The molecule has 1 aromatic rings. The molecule has 1 heteroatoms. The van der Waals surface area contributed by atoms with Crippen molar-refractivity contribution in [3.05, 3.63) is 48.2 Å². The molecule has 0 heterocycles. The first-order valence-corrected chi connectivity index (χ1v) is 6.25. The zero-order chi connectivity index (χ0) is 12.7. The van der Waals surface area contributed by atoms with Crippen LogP contribution in [0.1, 0.15) is 39.2 Å². The highest BCUT2D eigenvalue weighted by atomic mass is 16.5. The van der Waals surface area contributed by atoms with Gasteiger partial charge in [-0.25, -0.2) is 0 Å². The van der Waals surface area contributed by atoms with E-state index in [1.165, 1.54) is 5.56 Å². The van der Waals surface area contributed by atoms with Crippen LogP contribution in [0.4, 0.5) is 0 Å². The molecule has 0 bridgehead atoms. The third kappa shape index (κ3) is 5.39. The Hall–Kier alpha value is -1.50. The molecule has 0 saturated carbocycles. The third-order valence-electron chi connectivity index (χ3n) is 2.32. The summed E-state index contributed by atoms with van der Waals surface area (Å²) < 4.78 is 5.67. The molecule has 0 aliphatic rings. The molecule has 0 amide bonds. The fourth-order valence-electron chi connectivity index (χ4n) is 1.48. The van der Waals surface area contributed by atoms with Crippen LogP contribution in [-0.4, -0.2) is 0 Å². The first-order chi connectivity index (χ1) is 8.11. The molecule has 0 aromatic heterocycles. The van der Waals surface area contributed by atoms with Crippen LogP contribution in [-0.2, 0) is 0 Å². The maximum Gasteiger partial charge on any atom is 0.127 e. The van der Waals surface area contributed by atoms with Gasteiger partial charge in [0.15, 0.2) is 0 Å². The van der Waals surface area contributed by atoms with Gasteiger partial charge in [0.2, 0.25) is 0 Å². The van der Waals surface area contributed by atoms with Crippen molar-refractivity contribution in [3.63, 3.8) is 0 Å². The van der Waals surface area contributed by atoms with E-state index in [1.807, 2.05) is 18.2 Å². The number of allylic oxidation sites excluding steroid dienone is 2. The van der Waals surface area contributed by atoms with E-state index in [4.69, 9.17) is 4.74 Å². The Morgan fingerprint density at radius 2 is 2.18 bits per heavy atom. The van der Waals surface area contributed by atoms with Gasteiger partial charge in [-0.3, -0.25) is 0 Å². The topological polar surface area (TPSA) is 9.23 Å². The summed E-state index contributed by atoms with van der Waals surface area (Å²) in [5.74, 6) is 2.27. The lowest BCUT2D eigenvalue weighted by atomic mass is 10.1. The molecule has 0 atom stereocenters. The van der Waals surface area contributed by atoms with Gasteiger partial charge < -0.3 is 4.74 Å². The summed E-state index contributed by atoms with van der Waals surface area (Å²) in [7, 11) is 0. The predicted octanol–water partition coefficient (Wildman–Crippen LogP) is 5.05. The standard InChI is InChI=1S/C16H22O/c1-5-7-14(4)17-16-9-6-8-15(12-16)11-10-13(2)3/h6,8-13H,4-5,7H2,1-3H3. The average molecular weight is 230 g/mol. The summed E-state index contributed by atoms with van der Waals surface area (Å²) in [6, 6.07) is 8.09. The van der Waals surface area contributed by atoms with E-state index >= 15 is 0 Å². The maximum atomic E-state index is 5.67. The SMILES string of the molecule is C=C(CCC)Oc1cccc(C=CC(C)C)c1. The van der Waals surface area contributed by atoms with Crippen LogP contribution in [0.2, 0.25) is 0 Å². The highest BCUT2D eigenvalue weighted by Crippen LogP contribution is 2.18. The van der Waals surface area contributed by atoms with Crippen molar-refractivity contribution in [1.82, 2.24) is 0 Å². The molecule has 0 N–H and O–H groups in total. The average Bonchev–Trinajstić information content (AvgIpc) is 2.27. The summed E-state index contributed by atoms with van der Waals surface area (Å²) in [5, 5.41) is 0. The minimum absolute atomic E-state index is 0.564. The monoisotopic (exact) mass is 230 g/mol. The molecule has 0 unspecified atom stereocenters. The van der Waals surface area contributed by atoms with E-state index in [0.29, 0.717) is 5.92 Å². The van der Waals surface area contributed by atoms with E-state index in [0.717, 1.165) is 24.4 Å². The van der Waals surface area contributed by atoms with Crippen molar-refractivity contribution < 1.29 is 4.74 Å². The maximum absolute atomic E-state index is 5.67. The lowest BCUT2D eigenvalue weighted by molar-refractivity contribution is 0.404. The van der Waals surface area contributed by atoms with E-state index in [-0.39, 0.29) is 0 Å². The number of ether oxygens (including phenoxy) is 1. The highest BCUT2D eigenvalue weighted by molar-refractivity contribution is 5.52. The fraction of sp³-hybridized carbons (Fsp3) is 0.375. The smallest absolute Gasteiger partial charge is 0.127 e. The molecule has 0 saturated heterocycles. The molecule has 17 heavy (non-hydrogen) atoms. The fourth-order valence-corrected chi connectivity index (χ4v) is 1.48. The largest absolute Gasteiger partial charge is 0.462 e. The Kier molecular flexibility index (Phi) is 5.55. The molecule has 92 valence electrons. The summed E-state index contributed by atoms with van der Waals surface area (Å²) >= 11 is 0. The van der Waals surface area contributed by atoms with Crippen LogP contribution < -0.4 is 4.74 Å². The first kappa shape index (κ1) is 13.6. The van der Waals surface area contributed by atoms with Crippen molar-refractivity contribution in [2.75, 3.05) is 0 Å². The van der Waals surface area contributed by atoms with Gasteiger partial charge in [0.05, 0.1) is 5.76 Å². The molecule has 1 nitrogen and oxygen atoms in total. The minimum Gasteiger partial charge on any atom is -0.462 e. The molecule has 0 aliphatic heterocycles. The Balaban J connectivity index is 2.69. The van der Waals surface area contributed by atoms with Gasteiger partial charge in [-0.1, -0.05) is 51.6 Å². The third-order valence-corrected chi connectivity index (χ3v) is 2.32. The zero-order valence-corrected chi connectivity index (χ0v) is 11.1. The normalized spacial score (nSPS) is 11.1. The highest BCUT2D eigenvalue weighted by Gasteiger charge is 1.98. The molecule has 0 fully saturated rings. The van der Waals surface area contributed by atoms with Crippen LogP contribution in [0.3, 0.4) is 0 Å². The second kappa shape index (κ2) is 6.95. The lowest BCUT2D eigenvalue weighted by Gasteiger charge is -2.08. The minimum atomic E-state index is 0.564. The van der Waals surface area contributed by atoms with Gasteiger partial charge in [-0.2, -0.15) is 0 Å². The number of hydrogen-bond acceptors (Lipinski definition) is 1. The van der Waals surface area contributed by atoms with Crippen LogP contribution >= 0.6 is 0 Å². The quantitative estimate of drug-likeness (QED) is 0.621. The first-order valence-electron chi connectivity index (χ1n) is 6.25. The van der Waals surface area contributed by atoms with Gasteiger partial charge >= 0.3 is 0 Å². The van der Waals surface area contributed by atoms with E-state index in [1.54, 1.807) is 0 Å². The Labute approximate surface area is 105 Å². The molecule has 0 aliphatic carbocycles. The van der Waals surface area contributed by atoms with Crippen molar-refractivity contribution in [2.24, 2.45) is 5.92 Å². The zero-order valence-electron chi connectivity index (χ0n) is 11.1. The van der Waals surface area contributed by atoms with Gasteiger partial charge in [0, 0.05) is 6.42 Å². The van der Waals surface area contributed by atoms with E-state index in [9.17, 15) is 0 Å². The summed E-state index contributed by atoms with van der Waals surface area (Å²) in [6.07, 6.45) is 6.28. The summed E-state index contributed by atoms with van der Waals surface area (Å²) in [6.45, 7) is 10.4. The van der Waals surface area contributed by atoms with Crippen LogP contribution in [0.5, 0.6) is 5.75 Å². The molecule has 0 radical (unpaired) electrons. The Morgan fingerprint density at radius 1 is 1.41 bits per heavy atom. The van der Waals surface area contributed by atoms with Crippen LogP contribution in [0.25, 0.3) is 6.08 Å². The van der Waals surface area contributed by atoms with Crippen molar-refractivity contribution in [2.45, 2.75) is 33.6 Å². The summed E-state index contributed by atoms with van der Waals surface area (Å²) in [5.41, 5.74) is 1.17. The molecule has 0 spiro atoms. The van der Waals surface area contributed by atoms with Gasteiger partial charge in [0.1, 0.15) is 5.75 Å². The Bertz CT molecular complexity index is 388. The molecule has 1 rings (SSSR count). The second-order valence-electron chi connectivity index (χ2n) is 4.57. The van der Waals surface area contributed by atoms with Crippen LogP contribution in [0, 0.1) is 5.92 Å². The number of hydrogen-bond donors (Lipinski definition) is 0. The predicted molar refractivity (Wildman–Crippen MR) is 75.0 cm³/mol. The summed E-state index contributed by atoms with van der Waals surface area (Å²) in [4.78, 5) is 0. The van der Waals surface area contributed by atoms with E-state index < -0.39 is 0 Å². The van der Waals surface area contributed by atoms with Crippen molar-refractivity contribution in [1.29, 1.82) is 0 Å². The van der Waals surface area contributed by atoms with Crippen LogP contribution in [0.15, 0.2) is 42.7 Å². The second-order valence-corrected chi connectivity index (χ2v) is 4.57. The lowest BCUT2D eigenvalue weighted by Crippen LogP contribution is -1.93. The van der Waals surface area contributed by atoms with Crippen molar-refractivity contribution in [3.8, 4) is 5.75 Å². The van der Waals surface area contributed by atoms with Gasteiger partial charge in [-0.05, 0) is 30.0 Å². The Morgan fingerprint density at radius 3 is 2.82 bits per heavy atom.